The molecule has 7 N–H and O–H groups in total. The predicted molar refractivity (Wildman–Crippen MR) is 142 cm³/mol. The van der Waals surface area contributed by atoms with Crippen LogP contribution in [0.25, 0.3) is 0 Å². The molecule has 38 heavy (non-hydrogen) atoms. The van der Waals surface area contributed by atoms with Gasteiger partial charge in [0.05, 0.1) is 12.5 Å². The van der Waals surface area contributed by atoms with Gasteiger partial charge in [-0.15, -0.1) is 6.42 Å². The van der Waals surface area contributed by atoms with E-state index < -0.39 is 43.1 Å². The summed E-state index contributed by atoms with van der Waals surface area (Å²) in [5.41, 5.74) is 4.83. The number of terminal acetylenes is 1. The van der Waals surface area contributed by atoms with E-state index in [4.69, 9.17) is 16.3 Å². The van der Waals surface area contributed by atoms with Crippen molar-refractivity contribution in [2.45, 2.75) is 81.4 Å². The van der Waals surface area contributed by atoms with Crippen LogP contribution >= 0.6 is 0 Å². The van der Waals surface area contributed by atoms with Crippen molar-refractivity contribution in [3.05, 3.63) is 70.3 Å². The van der Waals surface area contributed by atoms with Gasteiger partial charge in [-0.25, -0.2) is 0 Å². The molecule has 1 heterocycles. The Hall–Kier alpha value is -2.77. The molecule has 3 fully saturated rings. The number of ether oxygens (including phenoxy) is 1. The average Bonchev–Trinajstić information content (AvgIpc) is 3.60. The third kappa shape index (κ3) is 7.00. The highest BCUT2D eigenvalue weighted by molar-refractivity contribution is 5.70. The highest BCUT2D eigenvalue weighted by atomic mass is 16.5. The van der Waals surface area contributed by atoms with Crippen molar-refractivity contribution in [1.82, 2.24) is 0 Å². The van der Waals surface area contributed by atoms with Crippen LogP contribution in [0.5, 0.6) is 0 Å². The lowest BCUT2D eigenvalue weighted by Gasteiger charge is -2.40. The van der Waals surface area contributed by atoms with Crippen molar-refractivity contribution in [2.24, 2.45) is 5.92 Å². The maximum absolute atomic E-state index is 10.4. The van der Waals surface area contributed by atoms with Crippen LogP contribution in [-0.2, 0) is 16.0 Å². The molecule has 5 rings (SSSR count). The number of aliphatic hydroxyl groups is 4. The van der Waals surface area contributed by atoms with Gasteiger partial charge in [-0.2, -0.15) is 0 Å². The third-order valence-corrected chi connectivity index (χ3v) is 7.63. The molecule has 3 aliphatic rings. The monoisotopic (exact) mass is 526 g/mol. The van der Waals surface area contributed by atoms with E-state index in [1.165, 1.54) is 18.4 Å². The van der Waals surface area contributed by atoms with E-state index in [2.05, 4.69) is 30.2 Å². The molecule has 0 spiro atoms. The van der Waals surface area contributed by atoms with Gasteiger partial charge in [0.25, 0.3) is 0 Å². The number of carboxylic acids is 1. The summed E-state index contributed by atoms with van der Waals surface area (Å²) in [6.45, 7) is -0.454. The minimum atomic E-state index is -1.41. The SMILES string of the molecule is C#Cc1ccc([C@@H]2O[C@H](CO)[C@@H](O)[C@H](O)[C@H]2O)cc1Cc1ccc(C2CC2)cc1.O.O=C(O)C1CCCC1. The largest absolute Gasteiger partial charge is 0.481 e. The van der Waals surface area contributed by atoms with E-state index in [1.807, 2.05) is 6.07 Å². The Balaban J connectivity index is 0.000000382. The van der Waals surface area contributed by atoms with Crippen LogP contribution in [0.15, 0.2) is 42.5 Å². The van der Waals surface area contributed by atoms with Gasteiger partial charge in [-0.3, -0.25) is 4.79 Å². The molecule has 2 saturated carbocycles. The molecule has 5 atom stereocenters. The Morgan fingerprint density at radius 1 is 0.921 bits per heavy atom. The summed E-state index contributed by atoms with van der Waals surface area (Å²) >= 11 is 0. The zero-order chi connectivity index (χ0) is 26.5. The number of hydrogen-bond acceptors (Lipinski definition) is 6. The van der Waals surface area contributed by atoms with E-state index in [9.17, 15) is 25.2 Å². The van der Waals surface area contributed by atoms with Crippen molar-refractivity contribution in [3.63, 3.8) is 0 Å². The molecule has 8 heteroatoms. The molecule has 0 unspecified atom stereocenters. The molecule has 0 aromatic heterocycles. The number of aliphatic carboxylic acids is 1. The summed E-state index contributed by atoms with van der Waals surface area (Å²) in [4.78, 5) is 10.2. The molecule has 0 amide bonds. The second-order valence-electron chi connectivity index (χ2n) is 10.3. The molecule has 2 aromatic carbocycles. The highest BCUT2D eigenvalue weighted by Crippen LogP contribution is 2.40. The van der Waals surface area contributed by atoms with Crippen LogP contribution in [0.2, 0.25) is 0 Å². The lowest BCUT2D eigenvalue weighted by atomic mass is 9.89. The normalized spacial score (nSPS) is 27.0. The molecule has 206 valence electrons. The van der Waals surface area contributed by atoms with Gasteiger partial charge < -0.3 is 35.7 Å². The van der Waals surface area contributed by atoms with Crippen molar-refractivity contribution >= 4 is 5.97 Å². The second-order valence-corrected chi connectivity index (χ2v) is 10.3. The molecular formula is C30H38O8. The molecule has 2 aliphatic carbocycles. The Kier molecular flexibility index (Phi) is 10.5. The fraction of sp³-hybridized carbons (Fsp3) is 0.500. The predicted octanol–water partition coefficient (Wildman–Crippen LogP) is 2.09. The number of aliphatic hydroxyl groups excluding tert-OH is 4. The molecule has 0 radical (unpaired) electrons. The maximum atomic E-state index is 10.4. The quantitative estimate of drug-likeness (QED) is 0.360. The lowest BCUT2D eigenvalue weighted by Crippen LogP contribution is -2.55. The highest BCUT2D eigenvalue weighted by Gasteiger charge is 2.44. The molecule has 1 aliphatic heterocycles. The molecule has 2 aromatic rings. The molecule has 8 nitrogen and oxygen atoms in total. The third-order valence-electron chi connectivity index (χ3n) is 7.63. The number of rotatable bonds is 6. The van der Waals surface area contributed by atoms with E-state index in [0.29, 0.717) is 17.9 Å². The maximum Gasteiger partial charge on any atom is 0.306 e. The number of benzene rings is 2. The first-order chi connectivity index (χ1) is 17.8. The van der Waals surface area contributed by atoms with Crippen LogP contribution in [0.4, 0.5) is 0 Å². The van der Waals surface area contributed by atoms with Gasteiger partial charge >= 0.3 is 5.97 Å². The summed E-state index contributed by atoms with van der Waals surface area (Å²) in [5.74, 6) is 2.78. The Bertz CT molecular complexity index is 1100. The first kappa shape index (κ1) is 29.8. The van der Waals surface area contributed by atoms with Gasteiger partial charge in [-0.05, 0) is 66.3 Å². The number of hydrogen-bond donors (Lipinski definition) is 5. The Labute approximate surface area is 223 Å². The van der Waals surface area contributed by atoms with Crippen molar-refractivity contribution in [1.29, 1.82) is 0 Å². The van der Waals surface area contributed by atoms with Crippen LogP contribution in [0.1, 0.15) is 78.4 Å². The first-order valence-electron chi connectivity index (χ1n) is 13.0. The minimum Gasteiger partial charge on any atom is -0.481 e. The standard InChI is InChI=1S/C24H26O5.C6H10O2.H2O/c1-2-15-7-10-18(24-23(28)22(27)21(26)20(13-25)29-24)12-19(15)11-14-3-5-16(6-4-14)17-8-9-17;7-6(8)5-3-1-2-4-5;/h1,3-7,10,12,17,20-28H,8-9,11,13H2;5H,1-4H2,(H,7,8);1H2/t20-,21-,22+,23-,24+;;/m1../s1. The number of carbonyl (C=O) groups is 1. The van der Waals surface area contributed by atoms with Crippen LogP contribution in [0, 0.1) is 18.3 Å². The molecular weight excluding hydrogens is 488 g/mol. The van der Waals surface area contributed by atoms with Gasteiger partial charge in [-0.1, -0.05) is 55.2 Å². The summed E-state index contributed by atoms with van der Waals surface area (Å²) in [5, 5.41) is 48.3. The minimum absolute atomic E-state index is 0. The summed E-state index contributed by atoms with van der Waals surface area (Å²) in [6.07, 6.45) is 6.96. The zero-order valence-electron chi connectivity index (χ0n) is 21.4. The lowest BCUT2D eigenvalue weighted by molar-refractivity contribution is -0.231. The smallest absolute Gasteiger partial charge is 0.306 e. The van der Waals surface area contributed by atoms with Crippen molar-refractivity contribution in [2.75, 3.05) is 6.61 Å². The van der Waals surface area contributed by atoms with Gasteiger partial charge in [0.15, 0.2) is 0 Å². The summed E-state index contributed by atoms with van der Waals surface area (Å²) in [7, 11) is 0. The van der Waals surface area contributed by atoms with E-state index in [-0.39, 0.29) is 11.4 Å². The van der Waals surface area contributed by atoms with Gasteiger partial charge in [0.2, 0.25) is 0 Å². The Morgan fingerprint density at radius 2 is 1.55 bits per heavy atom. The summed E-state index contributed by atoms with van der Waals surface area (Å²) in [6, 6.07) is 14.0. The summed E-state index contributed by atoms with van der Waals surface area (Å²) < 4.78 is 5.68. The van der Waals surface area contributed by atoms with Gasteiger partial charge in [0.1, 0.15) is 30.5 Å². The van der Waals surface area contributed by atoms with Crippen LogP contribution in [-0.4, -0.2) is 68.0 Å². The number of carboxylic acid groups (broad SMARTS) is 1. The Morgan fingerprint density at radius 3 is 2.08 bits per heavy atom. The topological polar surface area (TPSA) is 159 Å². The average molecular weight is 527 g/mol. The fourth-order valence-corrected chi connectivity index (χ4v) is 5.17. The van der Waals surface area contributed by atoms with Crippen LogP contribution in [0.3, 0.4) is 0 Å². The fourth-order valence-electron chi connectivity index (χ4n) is 5.17. The van der Waals surface area contributed by atoms with E-state index in [1.54, 1.807) is 12.1 Å². The molecule has 1 saturated heterocycles. The first-order valence-corrected chi connectivity index (χ1v) is 13.0. The van der Waals surface area contributed by atoms with Crippen molar-refractivity contribution < 1.29 is 40.5 Å². The van der Waals surface area contributed by atoms with Crippen LogP contribution < -0.4 is 0 Å². The molecule has 0 bridgehead atoms. The van der Waals surface area contributed by atoms with E-state index >= 15 is 0 Å². The van der Waals surface area contributed by atoms with Crippen molar-refractivity contribution in [3.8, 4) is 12.3 Å². The second kappa shape index (κ2) is 13.3. The van der Waals surface area contributed by atoms with Gasteiger partial charge in [0, 0.05) is 5.56 Å². The zero-order valence-corrected chi connectivity index (χ0v) is 21.4. The van der Waals surface area contributed by atoms with E-state index in [0.717, 1.165) is 42.4 Å².